The number of hydrogen-bond donors (Lipinski definition) is 0. The van der Waals surface area contributed by atoms with Crippen LogP contribution in [0.3, 0.4) is 0 Å². The molecule has 1 aliphatic heterocycles. The Kier molecular flexibility index (Phi) is 4.09. The highest BCUT2D eigenvalue weighted by atomic mass is 15.2. The molecule has 0 radical (unpaired) electrons. The standard InChI is InChI=1S/C15H26N4/c1-15(2,3)14-16-9-13(10-17-14)19-8-6-7-12(11-19)18(4)5/h9-10,12H,6-8,11H2,1-5H3. The molecule has 0 aromatic carbocycles. The van der Waals surface area contributed by atoms with Crippen molar-refractivity contribution in [1.29, 1.82) is 0 Å². The molecule has 1 aromatic heterocycles. The molecule has 0 bridgehead atoms. The highest BCUT2D eigenvalue weighted by Crippen LogP contribution is 2.23. The van der Waals surface area contributed by atoms with Gasteiger partial charge in [0.2, 0.25) is 0 Å². The zero-order valence-electron chi connectivity index (χ0n) is 12.8. The smallest absolute Gasteiger partial charge is 0.133 e. The fraction of sp³-hybridized carbons (Fsp3) is 0.733. The Morgan fingerprint density at radius 1 is 1.21 bits per heavy atom. The Labute approximate surface area is 116 Å². The van der Waals surface area contributed by atoms with Crippen molar-refractivity contribution in [2.24, 2.45) is 0 Å². The molecule has 0 N–H and O–H groups in total. The first kappa shape index (κ1) is 14.3. The van der Waals surface area contributed by atoms with E-state index in [1.807, 2.05) is 12.4 Å². The lowest BCUT2D eigenvalue weighted by atomic mass is 9.96. The molecular weight excluding hydrogens is 236 g/mol. The Morgan fingerprint density at radius 2 is 1.84 bits per heavy atom. The Morgan fingerprint density at radius 3 is 2.37 bits per heavy atom. The van der Waals surface area contributed by atoms with Crippen LogP contribution < -0.4 is 4.90 Å². The summed E-state index contributed by atoms with van der Waals surface area (Å²) in [5.41, 5.74) is 1.17. The van der Waals surface area contributed by atoms with Crippen molar-refractivity contribution in [1.82, 2.24) is 14.9 Å². The predicted octanol–water partition coefficient (Wildman–Crippen LogP) is 2.30. The van der Waals surface area contributed by atoms with E-state index in [2.05, 4.69) is 54.6 Å². The van der Waals surface area contributed by atoms with E-state index in [1.54, 1.807) is 0 Å². The number of rotatable bonds is 2. The van der Waals surface area contributed by atoms with Gasteiger partial charge in [0.15, 0.2) is 0 Å². The average Bonchev–Trinajstić information content (AvgIpc) is 2.38. The SMILES string of the molecule is CN(C)C1CCCN(c2cnc(C(C)(C)C)nc2)C1. The molecule has 4 heteroatoms. The zero-order valence-corrected chi connectivity index (χ0v) is 12.8. The topological polar surface area (TPSA) is 32.3 Å². The minimum atomic E-state index is 0.0204. The molecule has 1 aromatic rings. The molecule has 1 unspecified atom stereocenters. The summed E-state index contributed by atoms with van der Waals surface area (Å²) in [6.45, 7) is 8.62. The Balaban J connectivity index is 2.10. The number of anilines is 1. The summed E-state index contributed by atoms with van der Waals surface area (Å²) in [6.07, 6.45) is 6.48. The van der Waals surface area contributed by atoms with Crippen molar-refractivity contribution < 1.29 is 0 Å². The van der Waals surface area contributed by atoms with Crippen molar-refractivity contribution in [3.8, 4) is 0 Å². The summed E-state index contributed by atoms with van der Waals surface area (Å²) < 4.78 is 0. The highest BCUT2D eigenvalue weighted by molar-refractivity contribution is 5.43. The van der Waals surface area contributed by atoms with Crippen LogP contribution >= 0.6 is 0 Å². The molecule has 1 aliphatic rings. The number of likely N-dealkylation sites (N-methyl/N-ethyl adjacent to an activating group) is 1. The number of hydrogen-bond acceptors (Lipinski definition) is 4. The monoisotopic (exact) mass is 262 g/mol. The van der Waals surface area contributed by atoms with Gasteiger partial charge in [-0.3, -0.25) is 0 Å². The van der Waals surface area contributed by atoms with Gasteiger partial charge in [-0.25, -0.2) is 9.97 Å². The van der Waals surface area contributed by atoms with Crippen LogP contribution in [0.1, 0.15) is 39.4 Å². The number of aromatic nitrogens is 2. The molecule has 0 spiro atoms. The Hall–Kier alpha value is -1.16. The summed E-state index contributed by atoms with van der Waals surface area (Å²) in [6, 6.07) is 0.635. The van der Waals surface area contributed by atoms with E-state index in [1.165, 1.54) is 12.8 Å². The number of piperidine rings is 1. The van der Waals surface area contributed by atoms with Gasteiger partial charge < -0.3 is 9.80 Å². The zero-order chi connectivity index (χ0) is 14.0. The lowest BCUT2D eigenvalue weighted by Crippen LogP contribution is -2.45. The van der Waals surface area contributed by atoms with Crippen LogP contribution in [0, 0.1) is 0 Å². The van der Waals surface area contributed by atoms with Gasteiger partial charge in [-0.15, -0.1) is 0 Å². The largest absolute Gasteiger partial charge is 0.367 e. The van der Waals surface area contributed by atoms with E-state index in [4.69, 9.17) is 0 Å². The van der Waals surface area contributed by atoms with Crippen LogP contribution in [0.25, 0.3) is 0 Å². The minimum Gasteiger partial charge on any atom is -0.367 e. The molecule has 19 heavy (non-hydrogen) atoms. The molecule has 1 fully saturated rings. The van der Waals surface area contributed by atoms with Gasteiger partial charge in [0, 0.05) is 24.5 Å². The van der Waals surface area contributed by atoms with Gasteiger partial charge in [-0.1, -0.05) is 20.8 Å². The quantitative estimate of drug-likeness (QED) is 0.818. The van der Waals surface area contributed by atoms with Gasteiger partial charge in [0.25, 0.3) is 0 Å². The summed E-state index contributed by atoms with van der Waals surface area (Å²) in [5.74, 6) is 0.914. The van der Waals surface area contributed by atoms with Crippen LogP contribution in [-0.2, 0) is 5.41 Å². The minimum absolute atomic E-state index is 0.0204. The van der Waals surface area contributed by atoms with E-state index >= 15 is 0 Å². The normalized spacial score (nSPS) is 20.9. The maximum Gasteiger partial charge on any atom is 0.133 e. The van der Waals surface area contributed by atoms with Crippen LogP contribution in [0.5, 0.6) is 0 Å². The van der Waals surface area contributed by atoms with Crippen molar-refractivity contribution in [3.05, 3.63) is 18.2 Å². The molecular formula is C15H26N4. The second-order valence-electron chi connectivity index (χ2n) is 6.72. The molecule has 0 saturated carbocycles. The van der Waals surface area contributed by atoms with Crippen LogP contribution in [-0.4, -0.2) is 48.1 Å². The predicted molar refractivity (Wildman–Crippen MR) is 79.7 cm³/mol. The lowest BCUT2D eigenvalue weighted by molar-refractivity contribution is 0.258. The number of nitrogens with zero attached hydrogens (tertiary/aromatic N) is 4. The first-order valence-corrected chi connectivity index (χ1v) is 7.12. The summed E-state index contributed by atoms with van der Waals surface area (Å²) in [4.78, 5) is 13.8. The fourth-order valence-corrected chi connectivity index (χ4v) is 2.48. The van der Waals surface area contributed by atoms with Crippen molar-refractivity contribution in [2.75, 3.05) is 32.1 Å². The van der Waals surface area contributed by atoms with Crippen LogP contribution in [0.4, 0.5) is 5.69 Å². The van der Waals surface area contributed by atoms with Crippen LogP contribution in [0.2, 0.25) is 0 Å². The second kappa shape index (κ2) is 5.45. The van der Waals surface area contributed by atoms with E-state index < -0.39 is 0 Å². The third-order valence-corrected chi connectivity index (χ3v) is 3.80. The summed E-state index contributed by atoms with van der Waals surface area (Å²) >= 11 is 0. The average molecular weight is 262 g/mol. The maximum absolute atomic E-state index is 4.53. The van der Waals surface area contributed by atoms with Crippen molar-refractivity contribution >= 4 is 5.69 Å². The van der Waals surface area contributed by atoms with Gasteiger partial charge in [-0.2, -0.15) is 0 Å². The molecule has 1 saturated heterocycles. The molecule has 2 heterocycles. The van der Waals surface area contributed by atoms with Gasteiger partial charge in [0.05, 0.1) is 18.1 Å². The van der Waals surface area contributed by atoms with E-state index in [0.29, 0.717) is 6.04 Å². The third-order valence-electron chi connectivity index (χ3n) is 3.80. The van der Waals surface area contributed by atoms with Crippen molar-refractivity contribution in [3.63, 3.8) is 0 Å². The molecule has 4 nitrogen and oxygen atoms in total. The van der Waals surface area contributed by atoms with Crippen molar-refractivity contribution in [2.45, 2.75) is 45.1 Å². The fourth-order valence-electron chi connectivity index (χ4n) is 2.48. The maximum atomic E-state index is 4.53. The third kappa shape index (κ3) is 3.44. The molecule has 1 atom stereocenters. The van der Waals surface area contributed by atoms with Crippen LogP contribution in [0.15, 0.2) is 12.4 Å². The Bertz CT molecular complexity index is 405. The van der Waals surface area contributed by atoms with Gasteiger partial charge >= 0.3 is 0 Å². The second-order valence-corrected chi connectivity index (χ2v) is 6.72. The van der Waals surface area contributed by atoms with Gasteiger partial charge in [0.1, 0.15) is 5.82 Å². The molecule has 106 valence electrons. The highest BCUT2D eigenvalue weighted by Gasteiger charge is 2.23. The first-order valence-electron chi connectivity index (χ1n) is 7.12. The molecule has 0 amide bonds. The van der Waals surface area contributed by atoms with E-state index in [0.717, 1.165) is 24.6 Å². The van der Waals surface area contributed by atoms with E-state index in [-0.39, 0.29) is 5.41 Å². The van der Waals surface area contributed by atoms with Gasteiger partial charge in [-0.05, 0) is 26.9 Å². The lowest BCUT2D eigenvalue weighted by Gasteiger charge is -2.37. The van der Waals surface area contributed by atoms with E-state index in [9.17, 15) is 0 Å². The molecule has 0 aliphatic carbocycles. The summed E-state index contributed by atoms with van der Waals surface area (Å²) in [5, 5.41) is 0. The molecule has 2 rings (SSSR count). The summed E-state index contributed by atoms with van der Waals surface area (Å²) in [7, 11) is 4.32. The first-order chi connectivity index (χ1) is 8.88.